The van der Waals surface area contributed by atoms with E-state index in [1.54, 1.807) is 6.92 Å². The molecular formula is C16H24O4. The Labute approximate surface area is 119 Å². The van der Waals surface area contributed by atoms with Crippen LogP contribution in [0.25, 0.3) is 0 Å². The molecule has 4 fully saturated rings. The summed E-state index contributed by atoms with van der Waals surface area (Å²) < 4.78 is 5.85. The molecule has 112 valence electrons. The van der Waals surface area contributed by atoms with Gasteiger partial charge in [0.15, 0.2) is 0 Å². The second-order valence-corrected chi connectivity index (χ2v) is 7.31. The molecule has 2 N–H and O–H groups in total. The van der Waals surface area contributed by atoms with Crippen molar-refractivity contribution < 1.29 is 19.7 Å². The zero-order valence-corrected chi connectivity index (χ0v) is 12.3. The summed E-state index contributed by atoms with van der Waals surface area (Å²) in [6.07, 6.45) is 3.72. The molecule has 0 aliphatic heterocycles. The maximum Gasteiger partial charge on any atom is 0.333 e. The summed E-state index contributed by atoms with van der Waals surface area (Å²) in [5.41, 5.74) is -1.66. The van der Waals surface area contributed by atoms with Crippen molar-refractivity contribution >= 4 is 5.97 Å². The van der Waals surface area contributed by atoms with Gasteiger partial charge in [-0.1, -0.05) is 13.5 Å². The Morgan fingerprint density at radius 2 is 1.65 bits per heavy atom. The quantitative estimate of drug-likeness (QED) is 0.612. The Kier molecular flexibility index (Phi) is 2.87. The van der Waals surface area contributed by atoms with Gasteiger partial charge in [-0.3, -0.25) is 0 Å². The van der Waals surface area contributed by atoms with Gasteiger partial charge in [-0.15, -0.1) is 0 Å². The Morgan fingerprint density at radius 3 is 2.00 bits per heavy atom. The largest absolute Gasteiger partial charge is 0.455 e. The van der Waals surface area contributed by atoms with Crippen molar-refractivity contribution in [3.63, 3.8) is 0 Å². The first-order valence-electron chi connectivity index (χ1n) is 7.56. The standard InChI is InChI=1S/C16H24O4/c1-4-16(20-13(17)10(2)3)11-5-14(18)7-12(16)8-15(19,6-11)9-14/h11-12,18-19H,2,4-9H2,1,3H3. The van der Waals surface area contributed by atoms with Crippen LogP contribution >= 0.6 is 0 Å². The van der Waals surface area contributed by atoms with Gasteiger partial charge in [0, 0.05) is 23.8 Å². The zero-order chi connectivity index (χ0) is 14.8. The average molecular weight is 280 g/mol. The summed E-state index contributed by atoms with van der Waals surface area (Å²) in [4.78, 5) is 12.0. The van der Waals surface area contributed by atoms with Crippen molar-refractivity contribution in [2.75, 3.05) is 0 Å². The fraction of sp³-hybridized carbons (Fsp3) is 0.812. The first-order chi connectivity index (χ1) is 9.22. The van der Waals surface area contributed by atoms with Gasteiger partial charge >= 0.3 is 5.97 Å². The van der Waals surface area contributed by atoms with Crippen LogP contribution in [0.5, 0.6) is 0 Å². The van der Waals surface area contributed by atoms with Crippen LogP contribution in [0.3, 0.4) is 0 Å². The number of carbonyl (C=O) groups is 1. The molecule has 4 heteroatoms. The highest BCUT2D eigenvalue weighted by Gasteiger charge is 2.67. The van der Waals surface area contributed by atoms with Crippen molar-refractivity contribution in [1.29, 1.82) is 0 Å². The van der Waals surface area contributed by atoms with Crippen LogP contribution in [0, 0.1) is 11.8 Å². The van der Waals surface area contributed by atoms with E-state index in [-0.39, 0.29) is 17.8 Å². The SMILES string of the molecule is C=C(C)C(=O)OC1(CC)C2CC3(O)CC1CC(O)(C2)C3. The number of hydrogen-bond donors (Lipinski definition) is 2. The zero-order valence-electron chi connectivity index (χ0n) is 12.3. The fourth-order valence-corrected chi connectivity index (χ4v) is 5.15. The average Bonchev–Trinajstić information content (AvgIpc) is 2.30. The lowest BCUT2D eigenvalue weighted by molar-refractivity contribution is -0.278. The number of rotatable bonds is 3. The molecule has 4 aliphatic rings. The lowest BCUT2D eigenvalue weighted by Gasteiger charge is -2.65. The van der Waals surface area contributed by atoms with E-state index in [9.17, 15) is 15.0 Å². The van der Waals surface area contributed by atoms with E-state index in [0.29, 0.717) is 37.7 Å². The van der Waals surface area contributed by atoms with Gasteiger partial charge in [0.1, 0.15) is 5.60 Å². The van der Waals surface area contributed by atoms with Crippen LogP contribution in [0.4, 0.5) is 0 Å². The predicted molar refractivity (Wildman–Crippen MR) is 73.9 cm³/mol. The van der Waals surface area contributed by atoms with Crippen LogP contribution in [-0.2, 0) is 9.53 Å². The normalized spacial score (nSPS) is 49.2. The highest BCUT2D eigenvalue weighted by Crippen LogP contribution is 2.63. The highest BCUT2D eigenvalue weighted by molar-refractivity contribution is 5.87. The Balaban J connectivity index is 1.94. The summed E-state index contributed by atoms with van der Waals surface area (Å²) >= 11 is 0. The van der Waals surface area contributed by atoms with Crippen LogP contribution in [0.15, 0.2) is 12.2 Å². The summed E-state index contributed by atoms with van der Waals surface area (Å²) in [5.74, 6) is -0.252. The van der Waals surface area contributed by atoms with Crippen LogP contribution < -0.4 is 0 Å². The van der Waals surface area contributed by atoms with Gasteiger partial charge in [0.2, 0.25) is 0 Å². The van der Waals surface area contributed by atoms with Crippen molar-refractivity contribution in [1.82, 2.24) is 0 Å². The van der Waals surface area contributed by atoms with E-state index in [0.717, 1.165) is 6.42 Å². The molecule has 0 spiro atoms. The van der Waals surface area contributed by atoms with E-state index < -0.39 is 16.8 Å². The van der Waals surface area contributed by atoms with Gasteiger partial charge in [-0.2, -0.15) is 0 Å². The van der Waals surface area contributed by atoms with Crippen molar-refractivity contribution in [3.8, 4) is 0 Å². The molecule has 0 aromatic rings. The molecule has 0 saturated heterocycles. The molecule has 4 rings (SSSR count). The maximum atomic E-state index is 12.0. The molecule has 20 heavy (non-hydrogen) atoms. The molecule has 0 unspecified atom stereocenters. The second-order valence-electron chi connectivity index (χ2n) is 7.31. The van der Waals surface area contributed by atoms with Crippen molar-refractivity contribution in [2.24, 2.45) is 11.8 Å². The van der Waals surface area contributed by atoms with E-state index >= 15 is 0 Å². The third-order valence-electron chi connectivity index (χ3n) is 5.73. The van der Waals surface area contributed by atoms with Crippen LogP contribution in [-0.4, -0.2) is 33.0 Å². The molecule has 4 saturated carbocycles. The first-order valence-corrected chi connectivity index (χ1v) is 7.56. The highest BCUT2D eigenvalue weighted by atomic mass is 16.6. The number of hydrogen-bond acceptors (Lipinski definition) is 4. The fourth-order valence-electron chi connectivity index (χ4n) is 5.15. The summed E-state index contributed by atoms with van der Waals surface area (Å²) in [7, 11) is 0. The van der Waals surface area contributed by atoms with Crippen LogP contribution in [0.1, 0.15) is 52.4 Å². The molecule has 4 nitrogen and oxygen atoms in total. The third-order valence-corrected chi connectivity index (χ3v) is 5.73. The molecule has 4 aliphatic carbocycles. The number of aliphatic hydroxyl groups is 2. The molecule has 0 heterocycles. The maximum absolute atomic E-state index is 12.0. The Morgan fingerprint density at radius 1 is 1.20 bits per heavy atom. The minimum Gasteiger partial charge on any atom is -0.455 e. The molecule has 0 radical (unpaired) electrons. The number of esters is 1. The monoisotopic (exact) mass is 280 g/mol. The van der Waals surface area contributed by atoms with E-state index in [2.05, 4.69) is 6.58 Å². The number of ether oxygens (including phenoxy) is 1. The molecule has 0 atom stereocenters. The smallest absolute Gasteiger partial charge is 0.333 e. The van der Waals surface area contributed by atoms with Crippen molar-refractivity contribution in [3.05, 3.63) is 12.2 Å². The van der Waals surface area contributed by atoms with Crippen LogP contribution in [0.2, 0.25) is 0 Å². The summed E-state index contributed by atoms with van der Waals surface area (Å²) in [6, 6.07) is 0. The predicted octanol–water partition coefficient (Wildman–Crippen LogP) is 1.94. The molecule has 4 bridgehead atoms. The van der Waals surface area contributed by atoms with Crippen molar-refractivity contribution in [2.45, 2.75) is 69.2 Å². The molecule has 0 amide bonds. The van der Waals surface area contributed by atoms with Gasteiger partial charge < -0.3 is 14.9 Å². The van der Waals surface area contributed by atoms with Gasteiger partial charge in [-0.05, 0) is 39.0 Å². The van der Waals surface area contributed by atoms with Gasteiger partial charge in [0.05, 0.1) is 11.2 Å². The minimum atomic E-state index is -0.769. The molecular weight excluding hydrogens is 256 g/mol. The first kappa shape index (κ1) is 14.1. The van der Waals surface area contributed by atoms with Gasteiger partial charge in [0.25, 0.3) is 0 Å². The molecule has 0 aromatic heterocycles. The third kappa shape index (κ3) is 1.85. The Hall–Kier alpha value is -0.870. The van der Waals surface area contributed by atoms with E-state index in [1.807, 2.05) is 6.92 Å². The lowest BCUT2D eigenvalue weighted by atomic mass is 9.46. The van der Waals surface area contributed by atoms with Gasteiger partial charge in [-0.25, -0.2) is 4.79 Å². The minimum absolute atomic E-state index is 0.0482. The topological polar surface area (TPSA) is 66.8 Å². The second kappa shape index (κ2) is 4.08. The van der Waals surface area contributed by atoms with E-state index in [1.165, 1.54) is 0 Å². The number of carbonyl (C=O) groups excluding carboxylic acids is 1. The Bertz CT molecular complexity index is 431. The lowest BCUT2D eigenvalue weighted by Crippen LogP contribution is -2.69. The summed E-state index contributed by atoms with van der Waals surface area (Å²) in [6.45, 7) is 7.34. The van der Waals surface area contributed by atoms with E-state index in [4.69, 9.17) is 4.74 Å². The summed E-state index contributed by atoms with van der Waals surface area (Å²) in [5, 5.41) is 21.2. The molecule has 0 aromatic carbocycles.